The van der Waals surface area contributed by atoms with Gasteiger partial charge < -0.3 is 59.0 Å². The van der Waals surface area contributed by atoms with E-state index < -0.39 is 70.4 Å². The van der Waals surface area contributed by atoms with Crippen LogP contribution in [0.3, 0.4) is 0 Å². The van der Waals surface area contributed by atoms with E-state index in [-0.39, 0.29) is 47.2 Å². The van der Waals surface area contributed by atoms with E-state index in [1.165, 1.54) is 0 Å². The molecule has 0 aliphatic carbocycles. The van der Waals surface area contributed by atoms with Crippen molar-refractivity contribution in [3.8, 4) is 5.75 Å². The van der Waals surface area contributed by atoms with Crippen LogP contribution in [-0.4, -0.2) is 96.9 Å². The Kier molecular flexibility index (Phi) is 17.2. The summed E-state index contributed by atoms with van der Waals surface area (Å²) in [6.07, 6.45) is 0.473. The molecule has 69 heavy (non-hydrogen) atoms. The van der Waals surface area contributed by atoms with Crippen LogP contribution in [0.4, 0.5) is 5.69 Å². The van der Waals surface area contributed by atoms with E-state index in [4.69, 9.17) is 54.1 Å². The standard InChI is InChI=1S/C46H83NO14Si8/c1-35(2)28-63-50-62(27-17-26-49-45-24-20-43(21-25-45)46(48)42-18-22-44(23-19-42)47(15)16)51-64(29-36(3)4)55-66(53-63,31-38(7)8)59-69(34-41(13)14)60-67(54-63,32-39(9)10)56-65(52-62,30-37(5)6)58-68(57-64,61-69)33-40(11)12/h18-25,35-41H,17,26-34H2,1-16H3. The zero-order chi connectivity index (χ0) is 50.4. The molecule has 6 fully saturated rings. The third-order valence-electron chi connectivity index (χ3n) is 12.0. The van der Waals surface area contributed by atoms with Crippen molar-refractivity contribution >= 4 is 81.9 Å². The van der Waals surface area contributed by atoms with E-state index >= 15 is 0 Å². The smallest absolute Gasteiger partial charge is 0.479 e. The molecule has 388 valence electrons. The topological polar surface area (TPSA) is 140 Å². The van der Waals surface area contributed by atoms with Gasteiger partial charge in [0.15, 0.2) is 5.78 Å². The number of carbonyl (C=O) groups is 1. The fraction of sp³-hybridized carbons (Fsp3) is 0.717. The number of anilines is 1. The maximum absolute atomic E-state index is 13.4. The highest BCUT2D eigenvalue weighted by Gasteiger charge is 2.83. The minimum atomic E-state index is -4.13. The Morgan fingerprint density at radius 2 is 0.652 bits per heavy atom. The first kappa shape index (κ1) is 55.7. The summed E-state index contributed by atoms with van der Waals surface area (Å²) in [5, 5.41) is 0. The fourth-order valence-electron chi connectivity index (χ4n) is 10.1. The minimum Gasteiger partial charge on any atom is -0.494 e. The van der Waals surface area contributed by atoms with E-state index in [2.05, 4.69) is 96.9 Å². The predicted octanol–water partition coefficient (Wildman–Crippen LogP) is 11.1. The Bertz CT molecular complexity index is 1910. The van der Waals surface area contributed by atoms with Gasteiger partial charge >= 0.3 is 70.4 Å². The lowest BCUT2D eigenvalue weighted by atomic mass is 10.0. The molecule has 8 bridgehead atoms. The molecule has 15 nitrogen and oxygen atoms in total. The zero-order valence-electron chi connectivity index (χ0n) is 44.4. The molecule has 0 N–H and O–H groups in total. The molecule has 0 spiro atoms. The molecule has 23 heteroatoms. The number of benzene rings is 2. The van der Waals surface area contributed by atoms with Crippen LogP contribution >= 0.6 is 0 Å². The summed E-state index contributed by atoms with van der Waals surface area (Å²) in [6, 6.07) is 18.3. The quantitative estimate of drug-likeness (QED) is 0.0627. The molecule has 0 aromatic heterocycles. The summed E-state index contributed by atoms with van der Waals surface area (Å²) >= 11 is 0. The predicted molar refractivity (Wildman–Crippen MR) is 282 cm³/mol. The van der Waals surface area contributed by atoms with Gasteiger partial charge in [0.05, 0.1) is 6.61 Å². The summed E-state index contributed by atoms with van der Waals surface area (Å²) in [7, 11) is -28.2. The summed E-state index contributed by atoms with van der Waals surface area (Å²) in [6.45, 7) is 30.5. The zero-order valence-corrected chi connectivity index (χ0v) is 52.4. The molecule has 2 aromatic rings. The molecule has 6 heterocycles. The van der Waals surface area contributed by atoms with E-state index in [1.807, 2.05) is 67.5 Å². The molecule has 2 aromatic carbocycles. The van der Waals surface area contributed by atoms with Crippen molar-refractivity contribution in [2.75, 3.05) is 25.6 Å². The van der Waals surface area contributed by atoms with Crippen LogP contribution in [-0.2, 0) is 49.4 Å². The molecular weight excluding hydrogens is 1020 g/mol. The van der Waals surface area contributed by atoms with Crippen LogP contribution in [0, 0.1) is 41.4 Å². The van der Waals surface area contributed by atoms with Crippen molar-refractivity contribution in [3.63, 3.8) is 0 Å². The van der Waals surface area contributed by atoms with Crippen molar-refractivity contribution < 1.29 is 58.9 Å². The Balaban J connectivity index is 1.36. The van der Waals surface area contributed by atoms with Crippen molar-refractivity contribution in [1.82, 2.24) is 0 Å². The maximum atomic E-state index is 13.4. The van der Waals surface area contributed by atoms with Gasteiger partial charge in [0.2, 0.25) is 0 Å². The lowest BCUT2D eigenvalue weighted by Crippen LogP contribution is -2.88. The van der Waals surface area contributed by atoms with E-state index in [1.54, 1.807) is 0 Å². The van der Waals surface area contributed by atoms with Crippen molar-refractivity contribution in [2.45, 2.75) is 152 Å². The van der Waals surface area contributed by atoms with Crippen LogP contribution < -0.4 is 9.64 Å². The lowest BCUT2D eigenvalue weighted by Gasteiger charge is -2.64. The summed E-state index contributed by atoms with van der Waals surface area (Å²) in [5.74, 6) is 1.15. The van der Waals surface area contributed by atoms with Crippen LogP contribution in [0.2, 0.25) is 48.4 Å². The van der Waals surface area contributed by atoms with Gasteiger partial charge in [-0.3, -0.25) is 4.79 Å². The fourth-order valence-corrected chi connectivity index (χ4v) is 61.7. The average Bonchev–Trinajstić information content (AvgIpc) is 3.14. The van der Waals surface area contributed by atoms with Crippen molar-refractivity contribution in [3.05, 3.63) is 59.7 Å². The number of hydrogen-bond donors (Lipinski definition) is 0. The van der Waals surface area contributed by atoms with Gasteiger partial charge in [0.25, 0.3) is 0 Å². The van der Waals surface area contributed by atoms with Gasteiger partial charge in [-0.1, -0.05) is 96.9 Å². The number of ether oxygens (including phenoxy) is 1. The molecule has 8 rings (SSSR count). The highest BCUT2D eigenvalue weighted by atomic mass is 28.6. The number of carbonyl (C=O) groups excluding carboxylic acids is 1. The molecule has 6 aliphatic heterocycles. The molecule has 0 saturated carbocycles. The highest BCUT2D eigenvalue weighted by molar-refractivity contribution is 7.03. The van der Waals surface area contributed by atoms with Crippen molar-refractivity contribution in [1.29, 1.82) is 0 Å². The summed E-state index contributed by atoms with van der Waals surface area (Å²) in [5.41, 5.74) is 2.24. The van der Waals surface area contributed by atoms with Crippen LogP contribution in [0.5, 0.6) is 5.75 Å². The van der Waals surface area contributed by atoms with Gasteiger partial charge in [0.1, 0.15) is 5.75 Å². The van der Waals surface area contributed by atoms with Gasteiger partial charge in [-0.25, -0.2) is 0 Å². The lowest BCUT2D eigenvalue weighted by molar-refractivity contribution is -0.0343. The Morgan fingerprint density at radius 3 is 0.899 bits per heavy atom. The van der Waals surface area contributed by atoms with E-state index in [9.17, 15) is 4.79 Å². The second-order valence-electron chi connectivity index (χ2n) is 23.1. The minimum absolute atomic E-state index is 0.0521. The number of hydrogen-bond acceptors (Lipinski definition) is 15. The molecule has 0 amide bonds. The third-order valence-corrected chi connectivity index (χ3v) is 52.0. The van der Waals surface area contributed by atoms with Crippen LogP contribution in [0.15, 0.2) is 48.5 Å². The number of ketones is 1. The Hall–Kier alpha value is -1.03. The molecule has 0 atom stereocenters. The molecule has 6 saturated heterocycles. The largest absolute Gasteiger partial charge is 0.494 e. The molecule has 6 aliphatic rings. The first-order valence-electron chi connectivity index (χ1n) is 25.6. The Morgan fingerprint density at radius 1 is 0.406 bits per heavy atom. The molecule has 0 unspecified atom stereocenters. The third kappa shape index (κ3) is 13.3. The molecule has 0 radical (unpaired) electrons. The monoisotopic (exact) mass is 1100 g/mol. The van der Waals surface area contributed by atoms with Gasteiger partial charge in [-0.05, 0) is 96.4 Å². The van der Waals surface area contributed by atoms with E-state index in [0.29, 0.717) is 78.3 Å². The molecular formula is C46H83NO14Si8. The first-order chi connectivity index (χ1) is 32.2. The van der Waals surface area contributed by atoms with Crippen LogP contribution in [0.1, 0.15) is 119 Å². The van der Waals surface area contributed by atoms with Crippen LogP contribution in [0.25, 0.3) is 0 Å². The van der Waals surface area contributed by atoms with E-state index in [0.717, 1.165) is 5.69 Å². The second-order valence-corrected chi connectivity index (χ2v) is 47.2. The van der Waals surface area contributed by atoms with Gasteiger partial charge in [-0.2, -0.15) is 0 Å². The summed E-state index contributed by atoms with van der Waals surface area (Å²) in [4.78, 5) is 15.5. The number of nitrogens with zero attached hydrogens (tertiary/aromatic N) is 1. The maximum Gasteiger partial charge on any atom is 0.479 e. The van der Waals surface area contributed by atoms with Crippen molar-refractivity contribution in [2.24, 2.45) is 41.4 Å². The highest BCUT2D eigenvalue weighted by Crippen LogP contribution is 2.56. The SMILES string of the molecule is CC(C)C[Si]12O[Si]3(CCCOc4ccc(C(=O)c5ccc(N(C)C)cc5)cc4)O[Si]4(CC(C)C)O[Si](CC(C)C)(O1)O[Si]1(CC(C)C)O[Si](CC(C)C)(O2)O[Si](CC(C)C)(O3)O[Si](CC(C)C)(O4)O1. The normalized spacial score (nSPS) is 34.2. The Labute approximate surface area is 422 Å². The van der Waals surface area contributed by atoms with Gasteiger partial charge in [0, 0.05) is 79.3 Å². The second kappa shape index (κ2) is 21.3. The number of rotatable bonds is 22. The first-order valence-corrected chi connectivity index (χ1v) is 41.1. The summed E-state index contributed by atoms with van der Waals surface area (Å²) < 4.78 is 101. The van der Waals surface area contributed by atoms with Gasteiger partial charge in [-0.15, -0.1) is 0 Å². The average molecular weight is 1100 g/mol.